The van der Waals surface area contributed by atoms with Crippen molar-refractivity contribution >= 4 is 16.9 Å². The highest BCUT2D eigenvalue weighted by Crippen LogP contribution is 2.25. The average molecular weight is 279 g/mol. The van der Waals surface area contributed by atoms with Crippen LogP contribution in [0.15, 0.2) is 54.7 Å². The molecule has 0 aliphatic carbocycles. The van der Waals surface area contributed by atoms with E-state index < -0.39 is 5.97 Å². The molecule has 1 N–H and O–H groups in total. The van der Waals surface area contributed by atoms with Crippen molar-refractivity contribution in [3.8, 4) is 0 Å². The number of rotatable bonds is 4. The molecule has 1 heterocycles. The van der Waals surface area contributed by atoms with Gasteiger partial charge in [-0.05, 0) is 42.7 Å². The Labute approximate surface area is 123 Å². The highest BCUT2D eigenvalue weighted by atomic mass is 16.4. The number of hydrogen-bond donors (Lipinski definition) is 1. The summed E-state index contributed by atoms with van der Waals surface area (Å²) in [6.45, 7) is 2.97. The summed E-state index contributed by atoms with van der Waals surface area (Å²) in [5.74, 6) is -0.883. The quantitative estimate of drug-likeness (QED) is 0.785. The molecule has 3 nitrogen and oxygen atoms in total. The van der Waals surface area contributed by atoms with Gasteiger partial charge in [-0.1, -0.05) is 30.3 Å². The Kier molecular flexibility index (Phi) is 3.48. The first-order valence-corrected chi connectivity index (χ1v) is 7.08. The minimum Gasteiger partial charge on any atom is -0.478 e. The lowest BCUT2D eigenvalue weighted by molar-refractivity contribution is 0.0697. The molecule has 106 valence electrons. The van der Waals surface area contributed by atoms with Gasteiger partial charge in [0.25, 0.3) is 0 Å². The van der Waals surface area contributed by atoms with Crippen LogP contribution in [0.5, 0.6) is 0 Å². The van der Waals surface area contributed by atoms with Gasteiger partial charge in [-0.25, -0.2) is 4.79 Å². The number of fused-ring (bicyclic) bond motifs is 1. The minimum atomic E-state index is -0.883. The van der Waals surface area contributed by atoms with Crippen LogP contribution in [-0.2, 0) is 13.0 Å². The number of aryl methyl sites for hydroxylation is 1. The van der Waals surface area contributed by atoms with Crippen molar-refractivity contribution in [3.05, 3.63) is 71.4 Å². The van der Waals surface area contributed by atoms with Gasteiger partial charge in [-0.3, -0.25) is 0 Å². The number of carboxylic acids is 1. The third kappa shape index (κ3) is 2.55. The van der Waals surface area contributed by atoms with E-state index in [-0.39, 0.29) is 0 Å². The Balaban J connectivity index is 2.12. The van der Waals surface area contributed by atoms with E-state index in [1.165, 1.54) is 11.1 Å². The lowest BCUT2D eigenvalue weighted by Crippen LogP contribution is -1.96. The number of carbonyl (C=O) groups is 1. The van der Waals surface area contributed by atoms with E-state index in [0.29, 0.717) is 5.56 Å². The van der Waals surface area contributed by atoms with E-state index in [1.807, 2.05) is 24.3 Å². The maximum absolute atomic E-state index is 11.2. The van der Waals surface area contributed by atoms with Crippen LogP contribution in [0.3, 0.4) is 0 Å². The van der Waals surface area contributed by atoms with Gasteiger partial charge in [-0.2, -0.15) is 0 Å². The number of aromatic carboxylic acids is 1. The van der Waals surface area contributed by atoms with Crippen molar-refractivity contribution in [2.45, 2.75) is 19.9 Å². The van der Waals surface area contributed by atoms with Crippen molar-refractivity contribution < 1.29 is 9.90 Å². The van der Waals surface area contributed by atoms with E-state index in [0.717, 1.165) is 23.9 Å². The molecule has 1 aromatic heterocycles. The highest BCUT2D eigenvalue weighted by Gasteiger charge is 2.11. The minimum absolute atomic E-state index is 0.339. The molecule has 0 radical (unpaired) electrons. The molecule has 0 atom stereocenters. The lowest BCUT2D eigenvalue weighted by Gasteiger charge is -2.01. The highest BCUT2D eigenvalue weighted by molar-refractivity contribution is 5.95. The second-order valence-electron chi connectivity index (χ2n) is 5.14. The van der Waals surface area contributed by atoms with Gasteiger partial charge in [-0.15, -0.1) is 0 Å². The molecule has 0 bridgehead atoms. The Morgan fingerprint density at radius 1 is 1.14 bits per heavy atom. The molecular formula is C18H17NO2. The van der Waals surface area contributed by atoms with Crippen molar-refractivity contribution in [2.75, 3.05) is 0 Å². The summed E-state index contributed by atoms with van der Waals surface area (Å²) in [7, 11) is 0. The zero-order valence-corrected chi connectivity index (χ0v) is 11.9. The van der Waals surface area contributed by atoms with Gasteiger partial charge in [0, 0.05) is 23.6 Å². The third-order valence-corrected chi connectivity index (χ3v) is 3.79. The molecule has 3 heteroatoms. The number of carboxylic acid groups (broad SMARTS) is 1. The van der Waals surface area contributed by atoms with Gasteiger partial charge in [0.1, 0.15) is 0 Å². The molecule has 3 rings (SSSR count). The Hall–Kier alpha value is -2.55. The molecule has 0 aliphatic rings. The normalized spacial score (nSPS) is 10.9. The van der Waals surface area contributed by atoms with Crippen LogP contribution in [0, 0.1) is 0 Å². The SMILES string of the molecule is CCn1cc(Cc2ccccc2)c2cc(C(=O)O)ccc21. The molecule has 21 heavy (non-hydrogen) atoms. The Morgan fingerprint density at radius 2 is 1.90 bits per heavy atom. The first-order chi connectivity index (χ1) is 10.2. The topological polar surface area (TPSA) is 42.2 Å². The fraction of sp³-hybridized carbons (Fsp3) is 0.167. The number of aromatic nitrogens is 1. The fourth-order valence-electron chi connectivity index (χ4n) is 2.72. The first-order valence-electron chi connectivity index (χ1n) is 7.08. The van der Waals surface area contributed by atoms with Crippen LogP contribution in [0.1, 0.15) is 28.4 Å². The zero-order chi connectivity index (χ0) is 14.8. The molecule has 0 aliphatic heterocycles. The van der Waals surface area contributed by atoms with Crippen LogP contribution in [0.2, 0.25) is 0 Å². The molecule has 2 aromatic carbocycles. The summed E-state index contributed by atoms with van der Waals surface area (Å²) in [5, 5.41) is 10.2. The van der Waals surface area contributed by atoms with E-state index >= 15 is 0 Å². The van der Waals surface area contributed by atoms with Crippen LogP contribution >= 0.6 is 0 Å². The fourth-order valence-corrected chi connectivity index (χ4v) is 2.72. The zero-order valence-electron chi connectivity index (χ0n) is 11.9. The molecule has 0 amide bonds. The Bertz CT molecular complexity index is 788. The number of benzene rings is 2. The van der Waals surface area contributed by atoms with Crippen molar-refractivity contribution in [1.82, 2.24) is 4.57 Å². The molecule has 3 aromatic rings. The monoisotopic (exact) mass is 279 g/mol. The lowest BCUT2D eigenvalue weighted by atomic mass is 10.0. The molecule has 0 unspecified atom stereocenters. The molecule has 0 fully saturated rings. The van der Waals surface area contributed by atoms with Crippen LogP contribution in [0.25, 0.3) is 10.9 Å². The predicted molar refractivity (Wildman–Crippen MR) is 83.8 cm³/mol. The van der Waals surface area contributed by atoms with Gasteiger partial charge in [0.2, 0.25) is 0 Å². The van der Waals surface area contributed by atoms with Gasteiger partial charge in [0.15, 0.2) is 0 Å². The summed E-state index contributed by atoms with van der Waals surface area (Å²) in [6, 6.07) is 15.6. The van der Waals surface area contributed by atoms with E-state index in [2.05, 4.69) is 29.8 Å². The van der Waals surface area contributed by atoms with Crippen molar-refractivity contribution in [1.29, 1.82) is 0 Å². The standard InChI is InChI=1S/C18H17NO2/c1-2-19-12-15(10-13-6-4-3-5-7-13)16-11-14(18(20)21)8-9-17(16)19/h3-9,11-12H,2,10H2,1H3,(H,20,21). The summed E-state index contributed by atoms with van der Waals surface area (Å²) in [5.41, 5.74) is 3.83. The van der Waals surface area contributed by atoms with E-state index in [1.54, 1.807) is 12.1 Å². The third-order valence-electron chi connectivity index (χ3n) is 3.79. The van der Waals surface area contributed by atoms with Gasteiger partial charge < -0.3 is 9.67 Å². The van der Waals surface area contributed by atoms with Crippen LogP contribution in [-0.4, -0.2) is 15.6 Å². The van der Waals surface area contributed by atoms with Crippen molar-refractivity contribution in [3.63, 3.8) is 0 Å². The molecule has 0 saturated heterocycles. The van der Waals surface area contributed by atoms with Gasteiger partial charge >= 0.3 is 5.97 Å². The van der Waals surface area contributed by atoms with E-state index in [9.17, 15) is 9.90 Å². The summed E-state index contributed by atoms with van der Waals surface area (Å²) < 4.78 is 2.17. The van der Waals surface area contributed by atoms with Gasteiger partial charge in [0.05, 0.1) is 5.56 Å². The summed E-state index contributed by atoms with van der Waals surface area (Å²) in [4.78, 5) is 11.2. The molecular weight excluding hydrogens is 262 g/mol. The average Bonchev–Trinajstić information content (AvgIpc) is 2.85. The molecule has 0 spiro atoms. The largest absolute Gasteiger partial charge is 0.478 e. The maximum Gasteiger partial charge on any atom is 0.335 e. The van der Waals surface area contributed by atoms with Crippen LogP contribution < -0.4 is 0 Å². The number of hydrogen-bond acceptors (Lipinski definition) is 1. The van der Waals surface area contributed by atoms with E-state index in [4.69, 9.17) is 0 Å². The summed E-state index contributed by atoms with van der Waals surface area (Å²) >= 11 is 0. The second-order valence-corrected chi connectivity index (χ2v) is 5.14. The van der Waals surface area contributed by atoms with Crippen molar-refractivity contribution in [2.24, 2.45) is 0 Å². The smallest absolute Gasteiger partial charge is 0.335 e. The second kappa shape index (κ2) is 5.44. The van der Waals surface area contributed by atoms with Crippen LogP contribution in [0.4, 0.5) is 0 Å². The molecule has 0 saturated carbocycles. The first kappa shape index (κ1) is 13.4. The number of nitrogens with zero attached hydrogens (tertiary/aromatic N) is 1. The Morgan fingerprint density at radius 3 is 2.57 bits per heavy atom. The maximum atomic E-state index is 11.2. The predicted octanol–water partition coefficient (Wildman–Crippen LogP) is 3.95. The summed E-state index contributed by atoms with van der Waals surface area (Å²) in [6.07, 6.45) is 2.94.